The van der Waals surface area contributed by atoms with E-state index in [0.29, 0.717) is 11.1 Å². The van der Waals surface area contributed by atoms with Gasteiger partial charge in [-0.25, -0.2) is 4.63 Å². The summed E-state index contributed by atoms with van der Waals surface area (Å²) >= 11 is 0. The molecule has 2 aromatic rings. The van der Waals surface area contributed by atoms with Gasteiger partial charge in [-0.1, -0.05) is 0 Å². The van der Waals surface area contributed by atoms with Crippen LogP contribution in [-0.4, -0.2) is 10.3 Å². The molecule has 0 amide bonds. The Morgan fingerprint density at radius 1 is 1.13 bits per heavy atom. The Hall–Kier alpha value is -1.59. The van der Waals surface area contributed by atoms with Crippen LogP contribution in [0.1, 0.15) is 16.7 Å². The molecule has 0 aliphatic carbocycles. The largest absolute Gasteiger partial charge is 0.416 e. The lowest BCUT2D eigenvalue weighted by atomic mass is 10.0. The first-order valence-corrected chi connectivity index (χ1v) is 4.21. The summed E-state index contributed by atoms with van der Waals surface area (Å²) in [6.45, 7) is 2.90. The molecule has 0 unspecified atom stereocenters. The van der Waals surface area contributed by atoms with Crippen LogP contribution < -0.4 is 0 Å². The van der Waals surface area contributed by atoms with Crippen LogP contribution in [0.5, 0.6) is 0 Å². The molecule has 15 heavy (non-hydrogen) atoms. The first-order valence-electron chi connectivity index (χ1n) is 4.21. The zero-order valence-corrected chi connectivity index (χ0v) is 8.01. The van der Waals surface area contributed by atoms with Crippen molar-refractivity contribution in [2.75, 3.05) is 0 Å². The van der Waals surface area contributed by atoms with Crippen LogP contribution in [-0.2, 0) is 6.18 Å². The van der Waals surface area contributed by atoms with Crippen molar-refractivity contribution in [2.45, 2.75) is 20.0 Å². The molecule has 0 spiro atoms. The van der Waals surface area contributed by atoms with Gasteiger partial charge in [0.25, 0.3) is 0 Å². The highest BCUT2D eigenvalue weighted by Crippen LogP contribution is 2.35. The van der Waals surface area contributed by atoms with Gasteiger partial charge in [0.2, 0.25) is 0 Å². The average molecular weight is 216 g/mol. The second-order valence-corrected chi connectivity index (χ2v) is 3.33. The average Bonchev–Trinajstić information content (AvgIpc) is 2.58. The number of rotatable bonds is 0. The fourth-order valence-corrected chi connectivity index (χ4v) is 1.51. The SMILES string of the molecule is Cc1cc(C(F)(F)F)c(C)c2nonc12. The van der Waals surface area contributed by atoms with Crippen molar-refractivity contribution in [3.8, 4) is 0 Å². The second-order valence-electron chi connectivity index (χ2n) is 3.33. The van der Waals surface area contributed by atoms with Gasteiger partial charge >= 0.3 is 6.18 Å². The highest BCUT2D eigenvalue weighted by Gasteiger charge is 2.34. The van der Waals surface area contributed by atoms with Crippen molar-refractivity contribution in [1.82, 2.24) is 10.3 Å². The summed E-state index contributed by atoms with van der Waals surface area (Å²) in [7, 11) is 0. The number of fused-ring (bicyclic) bond motifs is 1. The van der Waals surface area contributed by atoms with Gasteiger partial charge in [0.1, 0.15) is 11.0 Å². The minimum atomic E-state index is -4.37. The third-order valence-electron chi connectivity index (χ3n) is 2.29. The Labute approximate surface area is 82.8 Å². The Morgan fingerprint density at radius 3 is 2.33 bits per heavy atom. The number of benzene rings is 1. The highest BCUT2D eigenvalue weighted by atomic mass is 19.4. The molecule has 0 saturated heterocycles. The van der Waals surface area contributed by atoms with E-state index in [1.807, 2.05) is 0 Å². The third kappa shape index (κ3) is 1.45. The number of aromatic nitrogens is 2. The van der Waals surface area contributed by atoms with E-state index in [4.69, 9.17) is 0 Å². The van der Waals surface area contributed by atoms with Crippen LogP contribution in [0, 0.1) is 13.8 Å². The molecule has 6 heteroatoms. The van der Waals surface area contributed by atoms with E-state index in [2.05, 4.69) is 14.9 Å². The molecule has 0 aliphatic heterocycles. The topological polar surface area (TPSA) is 38.9 Å². The molecule has 0 N–H and O–H groups in total. The lowest BCUT2D eigenvalue weighted by molar-refractivity contribution is -0.138. The number of alkyl halides is 3. The lowest BCUT2D eigenvalue weighted by Crippen LogP contribution is -2.08. The standard InChI is InChI=1S/C9H7F3N2O/c1-4-3-6(9(10,11)12)5(2)8-7(4)13-15-14-8/h3H,1-2H3. The van der Waals surface area contributed by atoms with Crippen LogP contribution in [0.4, 0.5) is 13.2 Å². The van der Waals surface area contributed by atoms with E-state index in [9.17, 15) is 13.2 Å². The number of hydrogen-bond acceptors (Lipinski definition) is 3. The zero-order valence-electron chi connectivity index (χ0n) is 8.01. The summed E-state index contributed by atoms with van der Waals surface area (Å²) in [4.78, 5) is 0. The maximum absolute atomic E-state index is 12.6. The second kappa shape index (κ2) is 2.95. The van der Waals surface area contributed by atoms with E-state index in [1.165, 1.54) is 6.92 Å². The minimum Gasteiger partial charge on any atom is -0.243 e. The fourth-order valence-electron chi connectivity index (χ4n) is 1.51. The van der Waals surface area contributed by atoms with E-state index in [1.54, 1.807) is 6.92 Å². The van der Waals surface area contributed by atoms with Crippen LogP contribution in [0.25, 0.3) is 11.0 Å². The molecule has 0 fully saturated rings. The molecular weight excluding hydrogens is 209 g/mol. The van der Waals surface area contributed by atoms with Crippen molar-refractivity contribution in [1.29, 1.82) is 0 Å². The maximum Gasteiger partial charge on any atom is 0.416 e. The summed E-state index contributed by atoms with van der Waals surface area (Å²) < 4.78 is 42.2. The van der Waals surface area contributed by atoms with Crippen LogP contribution in [0.3, 0.4) is 0 Å². The summed E-state index contributed by atoms with van der Waals surface area (Å²) in [5, 5.41) is 7.02. The van der Waals surface area contributed by atoms with Gasteiger partial charge in [-0.15, -0.1) is 0 Å². The molecule has 80 valence electrons. The summed E-state index contributed by atoms with van der Waals surface area (Å²) in [5.74, 6) is 0. The minimum absolute atomic E-state index is 0.0457. The molecule has 1 heterocycles. The molecular formula is C9H7F3N2O. The highest BCUT2D eigenvalue weighted by molar-refractivity contribution is 5.81. The van der Waals surface area contributed by atoms with Gasteiger partial charge < -0.3 is 0 Å². The Balaban J connectivity index is 2.83. The maximum atomic E-state index is 12.6. The Morgan fingerprint density at radius 2 is 1.73 bits per heavy atom. The molecule has 0 aliphatic rings. The van der Waals surface area contributed by atoms with Gasteiger partial charge in [0, 0.05) is 0 Å². The summed E-state index contributed by atoms with van der Waals surface area (Å²) in [6.07, 6.45) is -4.37. The molecule has 1 aromatic carbocycles. The zero-order chi connectivity index (χ0) is 11.2. The first kappa shape index (κ1) is 9.95. The first-order chi connectivity index (χ1) is 6.91. The van der Waals surface area contributed by atoms with Crippen molar-refractivity contribution in [2.24, 2.45) is 0 Å². The Bertz CT molecular complexity index is 516. The lowest BCUT2D eigenvalue weighted by Gasteiger charge is -2.10. The quantitative estimate of drug-likeness (QED) is 0.679. The van der Waals surface area contributed by atoms with E-state index in [0.717, 1.165) is 6.07 Å². The molecule has 1 aromatic heterocycles. The van der Waals surface area contributed by atoms with Crippen LogP contribution in [0.15, 0.2) is 10.7 Å². The molecule has 0 bridgehead atoms. The normalized spacial score (nSPS) is 12.3. The molecule has 2 rings (SSSR count). The van der Waals surface area contributed by atoms with Crippen LogP contribution in [0.2, 0.25) is 0 Å². The van der Waals surface area contributed by atoms with E-state index >= 15 is 0 Å². The molecule has 0 radical (unpaired) electrons. The molecule has 0 atom stereocenters. The summed E-state index contributed by atoms with van der Waals surface area (Å²) in [6, 6.07) is 1.06. The predicted molar refractivity (Wildman–Crippen MR) is 46.3 cm³/mol. The van der Waals surface area contributed by atoms with Gasteiger partial charge in [-0.3, -0.25) is 0 Å². The van der Waals surface area contributed by atoms with Crippen molar-refractivity contribution < 1.29 is 17.8 Å². The number of nitrogens with zero attached hydrogens (tertiary/aromatic N) is 2. The molecule has 0 saturated carbocycles. The molecule has 3 nitrogen and oxygen atoms in total. The Kier molecular flexibility index (Phi) is 1.95. The number of aryl methyl sites for hydroxylation is 2. The number of hydrogen-bond donors (Lipinski definition) is 0. The van der Waals surface area contributed by atoms with Crippen LogP contribution >= 0.6 is 0 Å². The van der Waals surface area contributed by atoms with E-state index in [-0.39, 0.29) is 11.1 Å². The smallest absolute Gasteiger partial charge is 0.243 e. The van der Waals surface area contributed by atoms with E-state index < -0.39 is 11.7 Å². The van der Waals surface area contributed by atoms with Gasteiger partial charge in [-0.05, 0) is 41.4 Å². The van der Waals surface area contributed by atoms with Crippen molar-refractivity contribution in [3.05, 3.63) is 22.8 Å². The predicted octanol–water partition coefficient (Wildman–Crippen LogP) is 2.86. The van der Waals surface area contributed by atoms with Gasteiger partial charge in [-0.2, -0.15) is 13.2 Å². The fraction of sp³-hybridized carbons (Fsp3) is 0.333. The van der Waals surface area contributed by atoms with Gasteiger partial charge in [0.05, 0.1) is 5.56 Å². The van der Waals surface area contributed by atoms with Gasteiger partial charge in [0.15, 0.2) is 0 Å². The third-order valence-corrected chi connectivity index (χ3v) is 2.29. The monoisotopic (exact) mass is 216 g/mol. The summed E-state index contributed by atoms with van der Waals surface area (Å²) in [5.41, 5.74) is 0.305. The van der Waals surface area contributed by atoms with Crippen molar-refractivity contribution in [3.63, 3.8) is 0 Å². The number of halogens is 3. The van der Waals surface area contributed by atoms with Crippen molar-refractivity contribution >= 4 is 11.0 Å².